The van der Waals surface area contributed by atoms with Crippen LogP contribution in [0.25, 0.3) is 10.9 Å². The number of carbonyl (C=O) groups is 2. The number of fused-ring (bicyclic) bond motifs is 1. The van der Waals surface area contributed by atoms with Crippen molar-refractivity contribution in [2.75, 3.05) is 0 Å². The van der Waals surface area contributed by atoms with Crippen molar-refractivity contribution in [3.63, 3.8) is 0 Å². The van der Waals surface area contributed by atoms with Crippen LogP contribution in [0, 0.1) is 0 Å². The van der Waals surface area contributed by atoms with Crippen LogP contribution < -0.4 is 5.73 Å². The number of aromatic nitrogens is 1. The molecule has 122 valence electrons. The number of H-pyrrole nitrogens is 1. The van der Waals surface area contributed by atoms with Crippen LogP contribution in [-0.4, -0.2) is 23.0 Å². The summed E-state index contributed by atoms with van der Waals surface area (Å²) in [5.41, 5.74) is 7.12. The van der Waals surface area contributed by atoms with E-state index in [1.54, 1.807) is 6.92 Å². The minimum atomic E-state index is -0.301. The molecule has 0 aliphatic carbocycles. The maximum atomic E-state index is 10.7. The van der Waals surface area contributed by atoms with Gasteiger partial charge in [-0.1, -0.05) is 25.1 Å². The molecule has 1 heterocycles. The second kappa shape index (κ2) is 9.84. The summed E-state index contributed by atoms with van der Waals surface area (Å²) in [5.74, 6) is -0.426. The van der Waals surface area contributed by atoms with Gasteiger partial charge in [-0.3, -0.25) is 9.59 Å². The van der Waals surface area contributed by atoms with Crippen molar-refractivity contribution >= 4 is 35.2 Å². The fourth-order valence-corrected chi connectivity index (χ4v) is 1.81. The second-order valence-electron chi connectivity index (χ2n) is 4.89. The highest BCUT2D eigenvalue weighted by molar-refractivity contribution is 5.88. The summed E-state index contributed by atoms with van der Waals surface area (Å²) < 4.78 is 4.76. The largest absolute Gasteiger partial charge is 0.463 e. The van der Waals surface area contributed by atoms with Gasteiger partial charge in [-0.15, -0.1) is 12.4 Å². The van der Waals surface area contributed by atoms with Gasteiger partial charge in [0.2, 0.25) is 5.91 Å². The number of esters is 1. The smallest absolute Gasteiger partial charge is 0.305 e. The van der Waals surface area contributed by atoms with Crippen LogP contribution in [-0.2, 0) is 20.7 Å². The van der Waals surface area contributed by atoms with E-state index < -0.39 is 0 Å². The summed E-state index contributed by atoms with van der Waals surface area (Å²) in [6, 6.07) is 7.84. The Hall–Kier alpha value is -2.01. The zero-order valence-electron chi connectivity index (χ0n) is 13.1. The minimum absolute atomic E-state index is 0. The molecule has 22 heavy (non-hydrogen) atoms. The number of hydrogen-bond acceptors (Lipinski definition) is 3. The molecule has 0 spiro atoms. The van der Waals surface area contributed by atoms with E-state index in [4.69, 9.17) is 10.5 Å². The van der Waals surface area contributed by atoms with Gasteiger partial charge in [-0.25, -0.2) is 0 Å². The number of primary amides is 1. The molecule has 0 unspecified atom stereocenters. The van der Waals surface area contributed by atoms with Crippen LogP contribution in [0.3, 0.4) is 0 Å². The molecule has 0 aliphatic rings. The first-order chi connectivity index (χ1) is 9.93. The molecule has 3 N–H and O–H groups in total. The Bertz CT molecular complexity index is 608. The monoisotopic (exact) mass is 326 g/mol. The van der Waals surface area contributed by atoms with Crippen LogP contribution in [0.15, 0.2) is 30.5 Å². The lowest BCUT2D eigenvalue weighted by molar-refractivity contribution is -0.146. The zero-order valence-corrected chi connectivity index (χ0v) is 13.9. The van der Waals surface area contributed by atoms with Crippen LogP contribution >= 0.6 is 12.4 Å². The summed E-state index contributed by atoms with van der Waals surface area (Å²) in [4.78, 5) is 24.2. The molecule has 6 heteroatoms. The van der Waals surface area contributed by atoms with Gasteiger partial charge in [-0.05, 0) is 25.5 Å². The quantitative estimate of drug-likeness (QED) is 0.847. The van der Waals surface area contributed by atoms with Crippen LogP contribution in [0.1, 0.15) is 32.8 Å². The van der Waals surface area contributed by atoms with Gasteiger partial charge in [0, 0.05) is 23.5 Å². The molecule has 2 aromatic rings. The summed E-state index contributed by atoms with van der Waals surface area (Å²) in [6.07, 6.45) is 2.62. The van der Waals surface area contributed by atoms with E-state index in [1.165, 1.54) is 0 Å². The predicted octanol–water partition coefficient (Wildman–Crippen LogP) is 2.97. The number of aromatic amines is 1. The van der Waals surface area contributed by atoms with Crippen LogP contribution in [0.2, 0.25) is 0 Å². The first-order valence-electron chi connectivity index (χ1n) is 6.96. The van der Waals surface area contributed by atoms with Gasteiger partial charge < -0.3 is 15.5 Å². The van der Waals surface area contributed by atoms with Gasteiger partial charge in [0.1, 0.15) is 0 Å². The highest BCUT2D eigenvalue weighted by Gasteiger charge is 2.04. The molecule has 2 rings (SSSR count). The Kier molecular flexibility index (Phi) is 8.94. The zero-order chi connectivity index (χ0) is 15.8. The Morgan fingerprint density at radius 2 is 1.91 bits per heavy atom. The standard InChI is InChI=1S/C10H10N2O.C6H12O2.ClH/c11-10(13)5-7-6-12-9-4-2-1-3-8(7)9;1-4-6(7)8-5(2)3;/h1-4,6,12H,5H2,(H2,11,13);5H,4H2,1-3H3;1H. The van der Waals surface area contributed by atoms with E-state index in [-0.39, 0.29) is 30.4 Å². The number of rotatable bonds is 4. The SMILES string of the molecule is CCC(=O)OC(C)C.Cl.NC(=O)Cc1c[nH]c2ccccc12. The highest BCUT2D eigenvalue weighted by Crippen LogP contribution is 2.17. The normalized spacial score (nSPS) is 9.64. The number of hydrogen-bond donors (Lipinski definition) is 2. The molecule has 5 nitrogen and oxygen atoms in total. The molecule has 0 saturated heterocycles. The number of benzene rings is 1. The van der Waals surface area contributed by atoms with E-state index in [0.717, 1.165) is 16.5 Å². The maximum Gasteiger partial charge on any atom is 0.305 e. The Labute approximate surface area is 136 Å². The van der Waals surface area contributed by atoms with E-state index in [1.807, 2.05) is 44.3 Å². The molecule has 1 aromatic carbocycles. The summed E-state index contributed by atoms with van der Waals surface area (Å²) in [6.45, 7) is 5.46. The van der Waals surface area contributed by atoms with Crippen molar-refractivity contribution in [2.24, 2.45) is 5.73 Å². The van der Waals surface area contributed by atoms with Gasteiger partial charge in [0.05, 0.1) is 12.5 Å². The summed E-state index contributed by atoms with van der Waals surface area (Å²) >= 11 is 0. The molecule has 1 amide bonds. The number of halogens is 1. The Morgan fingerprint density at radius 3 is 2.41 bits per heavy atom. The Balaban J connectivity index is 0.000000432. The number of nitrogens with two attached hydrogens (primary N) is 1. The summed E-state index contributed by atoms with van der Waals surface area (Å²) in [7, 11) is 0. The van der Waals surface area contributed by atoms with Gasteiger partial charge in [-0.2, -0.15) is 0 Å². The molecule has 0 radical (unpaired) electrons. The van der Waals surface area contributed by atoms with Crippen molar-refractivity contribution in [3.8, 4) is 0 Å². The number of para-hydroxylation sites is 1. The number of carbonyl (C=O) groups excluding carboxylic acids is 2. The molecule has 1 aromatic heterocycles. The van der Waals surface area contributed by atoms with E-state index in [0.29, 0.717) is 12.8 Å². The second-order valence-corrected chi connectivity index (χ2v) is 4.89. The third kappa shape index (κ3) is 6.63. The Morgan fingerprint density at radius 1 is 1.27 bits per heavy atom. The molecule has 0 bridgehead atoms. The van der Waals surface area contributed by atoms with Crippen molar-refractivity contribution in [3.05, 3.63) is 36.0 Å². The van der Waals surface area contributed by atoms with Crippen LogP contribution in [0.4, 0.5) is 0 Å². The van der Waals surface area contributed by atoms with Gasteiger partial charge in [0.15, 0.2) is 0 Å². The fraction of sp³-hybridized carbons (Fsp3) is 0.375. The van der Waals surface area contributed by atoms with Gasteiger partial charge in [0.25, 0.3) is 0 Å². The average molecular weight is 327 g/mol. The molecule has 0 saturated carbocycles. The maximum absolute atomic E-state index is 10.7. The number of nitrogens with one attached hydrogen (secondary N) is 1. The number of ether oxygens (including phenoxy) is 1. The first-order valence-corrected chi connectivity index (χ1v) is 6.96. The van der Waals surface area contributed by atoms with Crippen molar-refractivity contribution in [2.45, 2.75) is 39.7 Å². The average Bonchev–Trinajstić information content (AvgIpc) is 2.81. The molecule has 0 fully saturated rings. The van der Waals surface area contributed by atoms with Crippen LogP contribution in [0.5, 0.6) is 0 Å². The van der Waals surface area contributed by atoms with E-state index in [2.05, 4.69) is 4.98 Å². The first kappa shape index (κ1) is 20.0. The van der Waals surface area contributed by atoms with Crippen molar-refractivity contribution in [1.29, 1.82) is 0 Å². The molecule has 0 atom stereocenters. The van der Waals surface area contributed by atoms with Gasteiger partial charge >= 0.3 is 5.97 Å². The predicted molar refractivity (Wildman–Crippen MR) is 90.0 cm³/mol. The summed E-state index contributed by atoms with van der Waals surface area (Å²) in [5, 5.41) is 1.07. The fourth-order valence-electron chi connectivity index (χ4n) is 1.81. The lowest BCUT2D eigenvalue weighted by Gasteiger charge is -2.04. The lowest BCUT2D eigenvalue weighted by Crippen LogP contribution is -2.13. The third-order valence-electron chi connectivity index (χ3n) is 2.70. The van der Waals surface area contributed by atoms with E-state index in [9.17, 15) is 9.59 Å². The minimum Gasteiger partial charge on any atom is -0.463 e. The number of amides is 1. The van der Waals surface area contributed by atoms with Crippen molar-refractivity contribution in [1.82, 2.24) is 4.98 Å². The topological polar surface area (TPSA) is 85.2 Å². The highest BCUT2D eigenvalue weighted by atomic mass is 35.5. The molecule has 0 aliphatic heterocycles. The molecular weight excluding hydrogens is 304 g/mol. The van der Waals surface area contributed by atoms with E-state index >= 15 is 0 Å². The third-order valence-corrected chi connectivity index (χ3v) is 2.70. The molecular formula is C16H23ClN2O3. The lowest BCUT2D eigenvalue weighted by atomic mass is 10.1. The van der Waals surface area contributed by atoms with Crippen molar-refractivity contribution < 1.29 is 14.3 Å².